The van der Waals surface area contributed by atoms with Crippen LogP contribution in [0.15, 0.2) is 30.9 Å². The quantitative estimate of drug-likeness (QED) is 0.467. The molecule has 30 heavy (non-hydrogen) atoms. The number of likely N-dealkylation sites (N-methyl/N-ethyl adjacent to an activating group) is 1. The number of carbonyl (C=O) groups is 1. The summed E-state index contributed by atoms with van der Waals surface area (Å²) in [6, 6.07) is 3.44. The largest absolute Gasteiger partial charge is 0.414 e. The van der Waals surface area contributed by atoms with Crippen molar-refractivity contribution in [1.82, 2.24) is 9.80 Å². The van der Waals surface area contributed by atoms with Crippen molar-refractivity contribution in [3.05, 3.63) is 48.1 Å². The average molecular weight is 439 g/mol. The van der Waals surface area contributed by atoms with Crippen LogP contribution in [0.2, 0.25) is 18.1 Å². The predicted octanol–water partition coefficient (Wildman–Crippen LogP) is 4.92. The van der Waals surface area contributed by atoms with E-state index in [1.807, 2.05) is 25.8 Å². The summed E-state index contributed by atoms with van der Waals surface area (Å²) >= 11 is 0. The van der Waals surface area contributed by atoms with Gasteiger partial charge < -0.3 is 9.33 Å². The summed E-state index contributed by atoms with van der Waals surface area (Å²) in [6.45, 7) is 19.3. The van der Waals surface area contributed by atoms with E-state index in [-0.39, 0.29) is 24.1 Å². The fraction of sp³-hybridized carbons (Fsp3) is 0.609. The summed E-state index contributed by atoms with van der Waals surface area (Å²) in [7, 11) is -0.200. The van der Waals surface area contributed by atoms with Crippen LogP contribution in [0.1, 0.15) is 40.2 Å². The fourth-order valence-corrected chi connectivity index (χ4v) is 4.71. The second-order valence-electron chi connectivity index (χ2n) is 10.3. The summed E-state index contributed by atoms with van der Waals surface area (Å²) in [4.78, 5) is 17.4. The average Bonchev–Trinajstić information content (AvgIpc) is 2.60. The van der Waals surface area contributed by atoms with Crippen LogP contribution in [0.3, 0.4) is 0 Å². The van der Waals surface area contributed by atoms with E-state index in [4.69, 9.17) is 4.43 Å². The molecular weight excluding hydrogens is 402 g/mol. The molecule has 0 spiro atoms. The lowest BCUT2D eigenvalue weighted by atomic mass is 9.81. The van der Waals surface area contributed by atoms with Crippen LogP contribution in [0.25, 0.3) is 0 Å². The third kappa shape index (κ3) is 4.38. The summed E-state index contributed by atoms with van der Waals surface area (Å²) in [5.74, 6) is -1.45. The Morgan fingerprint density at radius 2 is 1.73 bits per heavy atom. The van der Waals surface area contributed by atoms with Crippen molar-refractivity contribution in [1.29, 1.82) is 0 Å². The zero-order chi connectivity index (χ0) is 23.1. The number of benzene rings is 1. The maximum atomic E-state index is 14.0. The van der Waals surface area contributed by atoms with Gasteiger partial charge in [-0.25, -0.2) is 8.78 Å². The van der Waals surface area contributed by atoms with Gasteiger partial charge in [-0.3, -0.25) is 9.69 Å². The normalized spacial score (nSPS) is 26.2. The Morgan fingerprint density at radius 1 is 1.20 bits per heavy atom. The monoisotopic (exact) mass is 438 g/mol. The number of amides is 1. The second-order valence-corrected chi connectivity index (χ2v) is 15.1. The molecule has 0 radical (unpaired) electrons. The lowest BCUT2D eigenvalue weighted by Gasteiger charge is -2.56. The smallest absolute Gasteiger partial charge is 0.246 e. The highest BCUT2D eigenvalue weighted by atomic mass is 28.4. The highest BCUT2D eigenvalue weighted by Crippen LogP contribution is 2.41. The predicted molar refractivity (Wildman–Crippen MR) is 120 cm³/mol. The van der Waals surface area contributed by atoms with E-state index in [9.17, 15) is 13.6 Å². The number of carbonyl (C=O) groups excluding carboxylic acids is 1. The molecule has 0 saturated carbocycles. The van der Waals surface area contributed by atoms with E-state index < -0.39 is 31.0 Å². The first-order chi connectivity index (χ1) is 13.6. The van der Waals surface area contributed by atoms with Crippen molar-refractivity contribution in [3.63, 3.8) is 0 Å². The van der Waals surface area contributed by atoms with Crippen LogP contribution in [-0.4, -0.2) is 56.3 Å². The fourth-order valence-electron chi connectivity index (χ4n) is 3.63. The molecule has 1 heterocycles. The van der Waals surface area contributed by atoms with Crippen molar-refractivity contribution in [2.75, 3.05) is 26.7 Å². The molecule has 0 N–H and O–H groups in total. The molecule has 0 unspecified atom stereocenters. The Morgan fingerprint density at radius 3 is 2.20 bits per heavy atom. The second kappa shape index (κ2) is 8.17. The van der Waals surface area contributed by atoms with Gasteiger partial charge in [-0.1, -0.05) is 26.8 Å². The standard InChI is InChI=1S/C23H36F2N2O2Si/c1-10-11-27-20(28)23(6,16-29-30(8,9)21(2,3)4)26(7)15-22(27,5)17-12-18(24)14-19(25)13-17/h10,12-14H,1,11,15-16H2,2-9H3/t22-,23+/m1/s1. The van der Waals surface area contributed by atoms with E-state index in [0.717, 1.165) is 6.07 Å². The molecule has 0 aliphatic carbocycles. The molecule has 1 fully saturated rings. The molecule has 4 nitrogen and oxygen atoms in total. The van der Waals surface area contributed by atoms with Gasteiger partial charge in [0.25, 0.3) is 0 Å². The molecule has 168 valence electrons. The minimum Gasteiger partial charge on any atom is -0.414 e. The number of rotatable bonds is 6. The maximum Gasteiger partial charge on any atom is 0.246 e. The molecule has 1 aliphatic rings. The summed E-state index contributed by atoms with van der Waals surface area (Å²) < 4.78 is 34.4. The maximum absolute atomic E-state index is 14.0. The molecule has 2 atom stereocenters. The molecule has 1 aromatic carbocycles. The highest BCUT2D eigenvalue weighted by Gasteiger charge is 2.54. The Balaban J connectivity index is 2.45. The van der Waals surface area contributed by atoms with Gasteiger partial charge in [0.05, 0.1) is 12.1 Å². The number of nitrogens with zero attached hydrogens (tertiary/aromatic N) is 2. The van der Waals surface area contributed by atoms with Crippen LogP contribution >= 0.6 is 0 Å². The molecule has 1 saturated heterocycles. The Kier molecular flexibility index (Phi) is 6.72. The number of hydrogen-bond acceptors (Lipinski definition) is 3. The Labute approximate surface area is 181 Å². The Hall–Kier alpha value is -1.57. The van der Waals surface area contributed by atoms with Crippen molar-refractivity contribution in [2.24, 2.45) is 0 Å². The molecule has 0 bridgehead atoms. The molecule has 0 aromatic heterocycles. The zero-order valence-electron chi connectivity index (χ0n) is 19.6. The minimum atomic E-state index is -2.07. The van der Waals surface area contributed by atoms with Gasteiger partial charge in [0.1, 0.15) is 17.2 Å². The molecule has 1 amide bonds. The van der Waals surface area contributed by atoms with E-state index >= 15 is 0 Å². The molecule has 1 aromatic rings. The van der Waals surface area contributed by atoms with Crippen molar-refractivity contribution in [3.8, 4) is 0 Å². The van der Waals surface area contributed by atoms with E-state index in [1.165, 1.54) is 12.1 Å². The van der Waals surface area contributed by atoms with Crippen molar-refractivity contribution < 1.29 is 18.0 Å². The Bertz CT molecular complexity index is 804. The first-order valence-corrected chi connectivity index (χ1v) is 13.2. The summed E-state index contributed by atoms with van der Waals surface area (Å²) in [5.41, 5.74) is -1.36. The van der Waals surface area contributed by atoms with Crippen LogP contribution in [0.5, 0.6) is 0 Å². The SMILES string of the molecule is C=CCN1C(=O)[C@](C)(CO[Si](C)(C)C(C)(C)C)N(C)C[C@]1(C)c1cc(F)cc(F)c1. The van der Waals surface area contributed by atoms with Crippen LogP contribution in [0, 0.1) is 11.6 Å². The summed E-state index contributed by atoms with van der Waals surface area (Å²) in [6.07, 6.45) is 1.65. The third-order valence-electron chi connectivity index (χ3n) is 7.01. The van der Waals surface area contributed by atoms with Gasteiger partial charge >= 0.3 is 0 Å². The van der Waals surface area contributed by atoms with Gasteiger partial charge in [-0.2, -0.15) is 0 Å². The van der Waals surface area contributed by atoms with E-state index in [1.54, 1.807) is 11.0 Å². The molecular formula is C23H36F2N2O2Si. The molecule has 7 heteroatoms. The van der Waals surface area contributed by atoms with Gasteiger partial charge in [0.15, 0.2) is 8.32 Å². The number of hydrogen-bond donors (Lipinski definition) is 0. The zero-order valence-corrected chi connectivity index (χ0v) is 20.6. The topological polar surface area (TPSA) is 32.8 Å². The summed E-state index contributed by atoms with van der Waals surface area (Å²) in [5, 5.41) is 0.0219. The number of piperazine rings is 1. The van der Waals surface area contributed by atoms with Crippen LogP contribution < -0.4 is 0 Å². The van der Waals surface area contributed by atoms with E-state index in [0.29, 0.717) is 12.1 Å². The van der Waals surface area contributed by atoms with Gasteiger partial charge in [-0.05, 0) is 56.7 Å². The van der Waals surface area contributed by atoms with Crippen molar-refractivity contribution >= 4 is 14.2 Å². The van der Waals surface area contributed by atoms with Crippen LogP contribution in [0.4, 0.5) is 8.78 Å². The van der Waals surface area contributed by atoms with Gasteiger partial charge in [-0.15, -0.1) is 6.58 Å². The van der Waals surface area contributed by atoms with Gasteiger partial charge in [0, 0.05) is 19.2 Å². The first-order valence-electron chi connectivity index (χ1n) is 10.3. The first kappa shape index (κ1) is 24.7. The lowest BCUT2D eigenvalue weighted by Crippen LogP contribution is -2.72. The lowest BCUT2D eigenvalue weighted by molar-refractivity contribution is -0.164. The molecule has 2 rings (SSSR count). The van der Waals surface area contributed by atoms with Gasteiger partial charge in [0.2, 0.25) is 5.91 Å². The highest BCUT2D eigenvalue weighted by molar-refractivity contribution is 6.74. The van der Waals surface area contributed by atoms with Crippen LogP contribution in [-0.2, 0) is 14.8 Å². The third-order valence-corrected chi connectivity index (χ3v) is 11.5. The number of halogens is 2. The molecule has 1 aliphatic heterocycles. The van der Waals surface area contributed by atoms with E-state index in [2.05, 4.69) is 40.4 Å². The van der Waals surface area contributed by atoms with Crippen molar-refractivity contribution in [2.45, 2.75) is 63.8 Å². The minimum absolute atomic E-state index is 0.0219.